The molecule has 0 bridgehead atoms. The van der Waals surface area contributed by atoms with Crippen molar-refractivity contribution in [2.24, 2.45) is 0 Å². The summed E-state index contributed by atoms with van der Waals surface area (Å²) in [7, 11) is 0. The summed E-state index contributed by atoms with van der Waals surface area (Å²) >= 11 is 0. The highest BCUT2D eigenvalue weighted by molar-refractivity contribution is 5.68. The van der Waals surface area contributed by atoms with Gasteiger partial charge in [0.25, 0.3) is 0 Å². The number of aryl methyl sites for hydroxylation is 1. The lowest BCUT2D eigenvalue weighted by Crippen LogP contribution is -2.18. The lowest BCUT2D eigenvalue weighted by molar-refractivity contribution is 0.200. The third-order valence-electron chi connectivity index (χ3n) is 3.56. The van der Waals surface area contributed by atoms with Gasteiger partial charge in [0, 0.05) is 23.5 Å². The molecule has 3 heteroatoms. The van der Waals surface area contributed by atoms with E-state index in [0.717, 1.165) is 23.5 Å². The maximum atomic E-state index is 9.99. The van der Waals surface area contributed by atoms with Crippen molar-refractivity contribution in [1.29, 1.82) is 5.26 Å². The Bertz CT molecular complexity index is 654. The van der Waals surface area contributed by atoms with Crippen molar-refractivity contribution in [3.63, 3.8) is 0 Å². The van der Waals surface area contributed by atoms with Crippen LogP contribution in [0.4, 0.5) is 11.4 Å². The molecule has 0 amide bonds. The average Bonchev–Trinajstić information content (AvgIpc) is 2.49. The van der Waals surface area contributed by atoms with Crippen LogP contribution >= 0.6 is 0 Å². The van der Waals surface area contributed by atoms with E-state index < -0.39 is 6.10 Å². The van der Waals surface area contributed by atoms with Crippen LogP contribution in [0.15, 0.2) is 42.5 Å². The van der Waals surface area contributed by atoms with Crippen LogP contribution in [0.3, 0.4) is 0 Å². The molecule has 0 aromatic heterocycles. The highest BCUT2D eigenvalue weighted by Crippen LogP contribution is 2.32. The van der Waals surface area contributed by atoms with Crippen molar-refractivity contribution >= 4 is 11.4 Å². The molecule has 2 rings (SSSR count). The average molecular weight is 280 g/mol. The molecule has 0 fully saturated rings. The maximum absolute atomic E-state index is 9.99. The highest BCUT2D eigenvalue weighted by atomic mass is 16.3. The van der Waals surface area contributed by atoms with Gasteiger partial charge in [0.15, 0.2) is 0 Å². The predicted octanol–water partition coefficient (Wildman–Crippen LogP) is 4.08. The van der Waals surface area contributed by atoms with E-state index in [9.17, 15) is 5.11 Å². The number of aliphatic hydroxyl groups is 1. The first-order valence-corrected chi connectivity index (χ1v) is 7.13. The quantitative estimate of drug-likeness (QED) is 0.918. The van der Waals surface area contributed by atoms with Crippen molar-refractivity contribution in [3.8, 4) is 6.07 Å². The van der Waals surface area contributed by atoms with E-state index in [2.05, 4.69) is 49.1 Å². The summed E-state index contributed by atoms with van der Waals surface area (Å²) in [5, 5.41) is 19.1. The number of rotatable bonds is 4. The standard InChI is InChI=1S/C18H20N2O/c1-4-20(16-8-5-13(2)6-9-16)18-11-15(12-19)7-10-17(18)14(3)21/h5-11,14,21H,4H2,1-3H3/t14-/m1/s1. The van der Waals surface area contributed by atoms with Crippen LogP contribution in [0.1, 0.15) is 36.6 Å². The minimum Gasteiger partial charge on any atom is -0.389 e. The van der Waals surface area contributed by atoms with Gasteiger partial charge in [-0.3, -0.25) is 0 Å². The Morgan fingerprint density at radius 2 is 1.86 bits per heavy atom. The number of hydrogen-bond donors (Lipinski definition) is 1. The van der Waals surface area contributed by atoms with E-state index in [1.54, 1.807) is 13.0 Å². The zero-order valence-corrected chi connectivity index (χ0v) is 12.7. The normalized spacial score (nSPS) is 11.8. The molecule has 0 aliphatic rings. The third-order valence-corrected chi connectivity index (χ3v) is 3.56. The molecule has 0 unspecified atom stereocenters. The summed E-state index contributed by atoms with van der Waals surface area (Å²) in [6.07, 6.45) is -0.577. The second kappa shape index (κ2) is 6.43. The van der Waals surface area contributed by atoms with Gasteiger partial charge >= 0.3 is 0 Å². The zero-order chi connectivity index (χ0) is 15.4. The molecule has 0 spiro atoms. The van der Waals surface area contributed by atoms with Gasteiger partial charge < -0.3 is 10.0 Å². The molecule has 0 aliphatic heterocycles. The minimum atomic E-state index is -0.577. The van der Waals surface area contributed by atoms with Crippen LogP contribution in [0.5, 0.6) is 0 Å². The van der Waals surface area contributed by atoms with Gasteiger partial charge in [-0.15, -0.1) is 0 Å². The van der Waals surface area contributed by atoms with Crippen molar-refractivity contribution < 1.29 is 5.11 Å². The first-order valence-electron chi connectivity index (χ1n) is 7.13. The van der Waals surface area contributed by atoms with Gasteiger partial charge in [-0.05, 0) is 45.0 Å². The van der Waals surface area contributed by atoms with Gasteiger partial charge in [0.2, 0.25) is 0 Å². The monoisotopic (exact) mass is 280 g/mol. The molecule has 0 radical (unpaired) electrons. The Balaban J connectivity index is 2.55. The number of aliphatic hydroxyl groups excluding tert-OH is 1. The molecule has 0 aliphatic carbocycles. The predicted molar refractivity (Wildman–Crippen MR) is 85.6 cm³/mol. The van der Waals surface area contributed by atoms with Crippen LogP contribution in [0, 0.1) is 18.3 Å². The molecule has 21 heavy (non-hydrogen) atoms. The Labute approximate surface area is 126 Å². The summed E-state index contributed by atoms with van der Waals surface area (Å²) in [5.74, 6) is 0. The fourth-order valence-corrected chi connectivity index (χ4v) is 2.42. The van der Waals surface area contributed by atoms with Crippen LogP contribution < -0.4 is 4.90 Å². The van der Waals surface area contributed by atoms with Gasteiger partial charge in [-0.1, -0.05) is 23.8 Å². The Hall–Kier alpha value is -2.31. The molecule has 0 saturated heterocycles. The highest BCUT2D eigenvalue weighted by Gasteiger charge is 2.15. The first-order chi connectivity index (χ1) is 10.1. The van der Waals surface area contributed by atoms with E-state index in [4.69, 9.17) is 5.26 Å². The SMILES string of the molecule is CCN(c1ccc(C)cc1)c1cc(C#N)ccc1[C@@H](C)O. The van der Waals surface area contributed by atoms with Crippen molar-refractivity contribution in [2.45, 2.75) is 26.9 Å². The second-order valence-electron chi connectivity index (χ2n) is 5.14. The zero-order valence-electron chi connectivity index (χ0n) is 12.7. The van der Waals surface area contributed by atoms with Crippen LogP contribution in [0.2, 0.25) is 0 Å². The van der Waals surface area contributed by atoms with Crippen LogP contribution in [-0.4, -0.2) is 11.7 Å². The molecular formula is C18H20N2O. The van der Waals surface area contributed by atoms with Crippen LogP contribution in [0.25, 0.3) is 0 Å². The summed E-state index contributed by atoms with van der Waals surface area (Å²) in [6.45, 7) is 6.62. The van der Waals surface area contributed by atoms with Crippen molar-refractivity contribution in [1.82, 2.24) is 0 Å². The Morgan fingerprint density at radius 1 is 1.19 bits per heavy atom. The summed E-state index contributed by atoms with van der Waals surface area (Å²) < 4.78 is 0. The van der Waals surface area contributed by atoms with E-state index in [1.165, 1.54) is 5.56 Å². The molecule has 108 valence electrons. The van der Waals surface area contributed by atoms with E-state index in [0.29, 0.717) is 5.56 Å². The third kappa shape index (κ3) is 3.24. The van der Waals surface area contributed by atoms with Crippen molar-refractivity contribution in [3.05, 3.63) is 59.2 Å². The Kier molecular flexibility index (Phi) is 4.62. The summed E-state index contributed by atoms with van der Waals surface area (Å²) in [5.41, 5.74) is 4.57. The largest absolute Gasteiger partial charge is 0.389 e. The fourth-order valence-electron chi connectivity index (χ4n) is 2.42. The fraction of sp³-hybridized carbons (Fsp3) is 0.278. The molecule has 0 heterocycles. The lowest BCUT2D eigenvalue weighted by atomic mass is 10.0. The number of hydrogen-bond acceptors (Lipinski definition) is 3. The second-order valence-corrected chi connectivity index (χ2v) is 5.14. The molecular weight excluding hydrogens is 260 g/mol. The summed E-state index contributed by atoms with van der Waals surface area (Å²) in [4.78, 5) is 2.11. The minimum absolute atomic E-state index is 0.577. The van der Waals surface area contributed by atoms with Gasteiger partial charge in [-0.2, -0.15) is 5.26 Å². The van der Waals surface area contributed by atoms with E-state index >= 15 is 0 Å². The Morgan fingerprint density at radius 3 is 2.38 bits per heavy atom. The maximum Gasteiger partial charge on any atom is 0.0992 e. The van der Waals surface area contributed by atoms with Gasteiger partial charge in [-0.25, -0.2) is 0 Å². The number of anilines is 2. The molecule has 1 N–H and O–H groups in total. The molecule has 2 aromatic carbocycles. The smallest absolute Gasteiger partial charge is 0.0992 e. The van der Waals surface area contributed by atoms with E-state index in [1.807, 2.05) is 12.1 Å². The number of nitrogens with zero attached hydrogens (tertiary/aromatic N) is 2. The van der Waals surface area contributed by atoms with Gasteiger partial charge in [0.1, 0.15) is 0 Å². The molecule has 1 atom stereocenters. The molecule has 3 nitrogen and oxygen atoms in total. The topological polar surface area (TPSA) is 47.3 Å². The van der Waals surface area contributed by atoms with Gasteiger partial charge in [0.05, 0.1) is 17.7 Å². The first kappa shape index (κ1) is 15.1. The lowest BCUT2D eigenvalue weighted by Gasteiger charge is -2.27. The molecule has 2 aromatic rings. The van der Waals surface area contributed by atoms with Crippen molar-refractivity contribution in [2.75, 3.05) is 11.4 Å². The summed E-state index contributed by atoms with van der Waals surface area (Å²) in [6, 6.07) is 15.8. The van der Waals surface area contributed by atoms with Crippen LogP contribution in [-0.2, 0) is 0 Å². The van der Waals surface area contributed by atoms with E-state index in [-0.39, 0.29) is 0 Å². The molecule has 0 saturated carbocycles. The number of nitriles is 1. The number of benzene rings is 2.